The van der Waals surface area contributed by atoms with Gasteiger partial charge in [-0.25, -0.2) is 4.98 Å². The summed E-state index contributed by atoms with van der Waals surface area (Å²) in [6, 6.07) is 10.2. The van der Waals surface area contributed by atoms with E-state index in [-0.39, 0.29) is 0 Å². The van der Waals surface area contributed by atoms with Crippen molar-refractivity contribution in [3.05, 3.63) is 40.7 Å². The molecule has 0 spiro atoms. The number of nitrogens with zero attached hydrogens (tertiary/aromatic N) is 1. The van der Waals surface area contributed by atoms with Crippen LogP contribution in [0.25, 0.3) is 11.3 Å². The minimum absolute atomic E-state index is 0.529. The molecule has 0 radical (unpaired) electrons. The van der Waals surface area contributed by atoms with Crippen LogP contribution in [0.15, 0.2) is 35.7 Å². The summed E-state index contributed by atoms with van der Waals surface area (Å²) in [4.78, 5) is 4.70. The molecule has 0 saturated heterocycles. The van der Waals surface area contributed by atoms with E-state index in [0.717, 1.165) is 47.9 Å². The highest BCUT2D eigenvalue weighted by Gasteiger charge is 2.32. The molecule has 1 saturated carbocycles. The summed E-state index contributed by atoms with van der Waals surface area (Å²) in [5.41, 5.74) is 1.65. The molecule has 1 aromatic heterocycles. The van der Waals surface area contributed by atoms with Gasteiger partial charge in [0.25, 0.3) is 0 Å². The zero-order valence-electron chi connectivity index (χ0n) is 11.9. The lowest BCUT2D eigenvalue weighted by molar-refractivity contribution is -0.00668. The average Bonchev–Trinajstić information content (AvgIpc) is 2.92. The van der Waals surface area contributed by atoms with Gasteiger partial charge >= 0.3 is 0 Å². The van der Waals surface area contributed by atoms with Crippen LogP contribution < -0.4 is 0 Å². The molecule has 2 nitrogen and oxygen atoms in total. The molecule has 0 unspecified atom stereocenters. The number of hydrogen-bond donors (Lipinski definition) is 1. The SMILES string of the molecule is CC1CCC(O)(Cc2nc(-c3ccccc3)cs2)CC1. The van der Waals surface area contributed by atoms with Crippen LogP contribution in [0.4, 0.5) is 0 Å². The minimum atomic E-state index is -0.529. The lowest BCUT2D eigenvalue weighted by Gasteiger charge is -2.34. The summed E-state index contributed by atoms with van der Waals surface area (Å²) in [7, 11) is 0. The molecule has 20 heavy (non-hydrogen) atoms. The van der Waals surface area contributed by atoms with E-state index in [4.69, 9.17) is 4.98 Å². The Kier molecular flexibility index (Phi) is 3.90. The molecule has 1 aliphatic carbocycles. The van der Waals surface area contributed by atoms with Crippen molar-refractivity contribution in [2.24, 2.45) is 5.92 Å². The van der Waals surface area contributed by atoms with E-state index in [0.29, 0.717) is 6.42 Å². The van der Waals surface area contributed by atoms with E-state index < -0.39 is 5.60 Å². The van der Waals surface area contributed by atoms with Gasteiger partial charge in [0.15, 0.2) is 0 Å². The predicted molar refractivity (Wildman–Crippen MR) is 83.8 cm³/mol. The molecule has 1 aliphatic rings. The Morgan fingerprint density at radius 3 is 2.65 bits per heavy atom. The van der Waals surface area contributed by atoms with Gasteiger partial charge in [0.05, 0.1) is 16.3 Å². The summed E-state index contributed by atoms with van der Waals surface area (Å²) in [6.45, 7) is 2.27. The smallest absolute Gasteiger partial charge is 0.0961 e. The van der Waals surface area contributed by atoms with Crippen molar-refractivity contribution in [1.82, 2.24) is 4.98 Å². The highest BCUT2D eigenvalue weighted by molar-refractivity contribution is 7.09. The molecule has 1 aromatic carbocycles. The first-order valence-electron chi connectivity index (χ1n) is 7.37. The monoisotopic (exact) mass is 287 g/mol. The van der Waals surface area contributed by atoms with Gasteiger partial charge in [-0.3, -0.25) is 0 Å². The number of aromatic nitrogens is 1. The van der Waals surface area contributed by atoms with Gasteiger partial charge in [0, 0.05) is 17.4 Å². The Bertz CT molecular complexity index is 555. The van der Waals surface area contributed by atoms with Gasteiger partial charge in [0.2, 0.25) is 0 Å². The lowest BCUT2D eigenvalue weighted by Crippen LogP contribution is -2.35. The quantitative estimate of drug-likeness (QED) is 0.913. The van der Waals surface area contributed by atoms with Gasteiger partial charge in [-0.15, -0.1) is 11.3 Å². The van der Waals surface area contributed by atoms with E-state index in [1.807, 2.05) is 18.2 Å². The molecule has 0 bridgehead atoms. The zero-order chi connectivity index (χ0) is 14.0. The van der Waals surface area contributed by atoms with Crippen molar-refractivity contribution in [2.45, 2.75) is 44.6 Å². The third-order valence-electron chi connectivity index (χ3n) is 4.31. The van der Waals surface area contributed by atoms with Gasteiger partial charge in [-0.1, -0.05) is 37.3 Å². The predicted octanol–water partition coefficient (Wildman–Crippen LogP) is 4.29. The summed E-state index contributed by atoms with van der Waals surface area (Å²) >= 11 is 1.67. The second-order valence-electron chi connectivity index (χ2n) is 6.08. The standard InChI is InChI=1S/C17H21NOS/c1-13-7-9-17(19,10-8-13)11-16-18-15(12-20-16)14-5-3-2-4-6-14/h2-6,12-13,19H,7-11H2,1H3. The van der Waals surface area contributed by atoms with Gasteiger partial charge in [0.1, 0.15) is 0 Å². The van der Waals surface area contributed by atoms with Crippen LogP contribution in [-0.2, 0) is 6.42 Å². The molecule has 1 fully saturated rings. The molecule has 0 aliphatic heterocycles. The largest absolute Gasteiger partial charge is 0.389 e. The van der Waals surface area contributed by atoms with Crippen molar-refractivity contribution in [3.63, 3.8) is 0 Å². The van der Waals surface area contributed by atoms with E-state index >= 15 is 0 Å². The van der Waals surface area contributed by atoms with Crippen molar-refractivity contribution >= 4 is 11.3 Å². The van der Waals surface area contributed by atoms with E-state index in [9.17, 15) is 5.11 Å². The molecule has 0 atom stereocenters. The maximum Gasteiger partial charge on any atom is 0.0961 e. The molecular formula is C17H21NOS. The molecule has 106 valence electrons. The second-order valence-corrected chi connectivity index (χ2v) is 7.02. The molecule has 3 heteroatoms. The Morgan fingerprint density at radius 1 is 1.25 bits per heavy atom. The number of thiazole rings is 1. The number of aliphatic hydroxyl groups is 1. The maximum atomic E-state index is 10.7. The fraction of sp³-hybridized carbons (Fsp3) is 0.471. The van der Waals surface area contributed by atoms with Gasteiger partial charge in [-0.2, -0.15) is 0 Å². The molecule has 1 heterocycles. The Balaban J connectivity index is 1.71. The topological polar surface area (TPSA) is 33.1 Å². The highest BCUT2D eigenvalue weighted by atomic mass is 32.1. The Hall–Kier alpha value is -1.19. The third-order valence-corrected chi connectivity index (χ3v) is 5.16. The molecule has 3 rings (SSSR count). The number of rotatable bonds is 3. The van der Waals surface area contributed by atoms with Crippen molar-refractivity contribution in [2.75, 3.05) is 0 Å². The fourth-order valence-electron chi connectivity index (χ4n) is 2.89. The van der Waals surface area contributed by atoms with Crippen LogP contribution in [0.2, 0.25) is 0 Å². The normalized spacial score (nSPS) is 26.6. The average molecular weight is 287 g/mol. The van der Waals surface area contributed by atoms with Crippen LogP contribution in [-0.4, -0.2) is 15.7 Å². The highest BCUT2D eigenvalue weighted by Crippen LogP contribution is 2.35. The van der Waals surface area contributed by atoms with E-state index in [1.165, 1.54) is 0 Å². The summed E-state index contributed by atoms with van der Waals surface area (Å²) in [5.74, 6) is 0.756. The number of hydrogen-bond acceptors (Lipinski definition) is 3. The first-order valence-corrected chi connectivity index (χ1v) is 8.25. The summed E-state index contributed by atoms with van der Waals surface area (Å²) < 4.78 is 0. The second kappa shape index (κ2) is 5.66. The van der Waals surface area contributed by atoms with Crippen molar-refractivity contribution in [3.8, 4) is 11.3 Å². The third kappa shape index (κ3) is 3.10. The summed E-state index contributed by atoms with van der Waals surface area (Å²) in [5, 5.41) is 13.8. The van der Waals surface area contributed by atoms with Gasteiger partial charge in [-0.05, 0) is 31.6 Å². The minimum Gasteiger partial charge on any atom is -0.389 e. The van der Waals surface area contributed by atoms with E-state index in [1.54, 1.807) is 11.3 Å². The van der Waals surface area contributed by atoms with E-state index in [2.05, 4.69) is 24.4 Å². The van der Waals surface area contributed by atoms with Crippen LogP contribution >= 0.6 is 11.3 Å². The summed E-state index contributed by atoms with van der Waals surface area (Å²) in [6.07, 6.45) is 4.79. The zero-order valence-corrected chi connectivity index (χ0v) is 12.7. The van der Waals surface area contributed by atoms with Crippen LogP contribution in [0.1, 0.15) is 37.6 Å². The molecule has 0 amide bonds. The molecular weight excluding hydrogens is 266 g/mol. The maximum absolute atomic E-state index is 10.7. The lowest BCUT2D eigenvalue weighted by atomic mass is 9.78. The van der Waals surface area contributed by atoms with Gasteiger partial charge < -0.3 is 5.11 Å². The number of benzene rings is 1. The van der Waals surface area contributed by atoms with Crippen molar-refractivity contribution < 1.29 is 5.11 Å². The molecule has 2 aromatic rings. The first kappa shape index (κ1) is 13.8. The Morgan fingerprint density at radius 2 is 1.95 bits per heavy atom. The fourth-order valence-corrected chi connectivity index (χ4v) is 3.83. The Labute approximate surface area is 124 Å². The molecule has 1 N–H and O–H groups in total. The van der Waals surface area contributed by atoms with Crippen molar-refractivity contribution in [1.29, 1.82) is 0 Å². The van der Waals surface area contributed by atoms with Crippen LogP contribution in [0.5, 0.6) is 0 Å². The van der Waals surface area contributed by atoms with Crippen LogP contribution in [0.3, 0.4) is 0 Å². The first-order chi connectivity index (χ1) is 9.65. The van der Waals surface area contributed by atoms with Crippen LogP contribution in [0, 0.1) is 5.92 Å².